The van der Waals surface area contributed by atoms with Gasteiger partial charge in [0.1, 0.15) is 0 Å². The largest absolute Gasteiger partial charge is 0.398 e. The van der Waals surface area contributed by atoms with Gasteiger partial charge in [0.25, 0.3) is 0 Å². The normalized spacial score (nSPS) is 12.6. The zero-order chi connectivity index (χ0) is 11.5. The van der Waals surface area contributed by atoms with Crippen molar-refractivity contribution >= 4 is 16.5 Å². The van der Waals surface area contributed by atoms with Gasteiger partial charge in [-0.25, -0.2) is 0 Å². The first kappa shape index (κ1) is 10.9. The topological polar surface area (TPSA) is 60.9 Å². The molecule has 0 amide bonds. The number of hydrogen-bond acceptors (Lipinski definition) is 3. The predicted molar refractivity (Wildman–Crippen MR) is 64.2 cm³/mol. The molecule has 0 aliphatic carbocycles. The van der Waals surface area contributed by atoms with Gasteiger partial charge in [0.2, 0.25) is 0 Å². The van der Waals surface area contributed by atoms with E-state index in [0.717, 1.165) is 5.69 Å². The van der Waals surface area contributed by atoms with Crippen LogP contribution in [0.1, 0.15) is 5.69 Å². The first-order valence-electron chi connectivity index (χ1n) is 4.88. The Hall–Kier alpha value is -1.62. The molecule has 1 aromatic heterocycles. The molecule has 84 valence electrons. The summed E-state index contributed by atoms with van der Waals surface area (Å²) in [4.78, 5) is 0.674. The number of aryl methyl sites for hydroxylation is 1. The first-order valence-corrected chi connectivity index (χ1v) is 6.20. The number of para-hydroxylation sites is 1. The Kier molecular flexibility index (Phi) is 3.05. The predicted octanol–water partition coefficient (Wildman–Crippen LogP) is 1.31. The van der Waals surface area contributed by atoms with E-state index in [4.69, 9.17) is 5.73 Å². The molecule has 0 saturated carbocycles. The lowest BCUT2D eigenvalue weighted by atomic mass is 10.3. The minimum absolute atomic E-state index is 0.398. The Morgan fingerprint density at radius 2 is 2.12 bits per heavy atom. The van der Waals surface area contributed by atoms with Crippen molar-refractivity contribution in [2.45, 2.75) is 10.6 Å². The van der Waals surface area contributed by atoms with Crippen molar-refractivity contribution < 1.29 is 4.21 Å². The third-order valence-electron chi connectivity index (χ3n) is 2.21. The number of aromatic nitrogens is 2. The Labute approximate surface area is 96.5 Å². The van der Waals surface area contributed by atoms with Crippen LogP contribution in [-0.2, 0) is 23.6 Å². The molecule has 0 bridgehead atoms. The van der Waals surface area contributed by atoms with Crippen LogP contribution in [0.4, 0.5) is 5.69 Å². The highest BCUT2D eigenvalue weighted by atomic mass is 32.2. The van der Waals surface area contributed by atoms with Crippen LogP contribution in [0.5, 0.6) is 0 Å². The third kappa shape index (κ3) is 2.30. The fourth-order valence-electron chi connectivity index (χ4n) is 1.44. The van der Waals surface area contributed by atoms with Crippen molar-refractivity contribution in [2.75, 3.05) is 5.73 Å². The summed E-state index contributed by atoms with van der Waals surface area (Å²) >= 11 is 0. The fraction of sp³-hybridized carbons (Fsp3) is 0.182. The summed E-state index contributed by atoms with van der Waals surface area (Å²) in [5.74, 6) is 0.398. The van der Waals surface area contributed by atoms with Crippen LogP contribution in [0.3, 0.4) is 0 Å². The van der Waals surface area contributed by atoms with Crippen molar-refractivity contribution in [2.24, 2.45) is 7.05 Å². The van der Waals surface area contributed by atoms with E-state index in [0.29, 0.717) is 16.3 Å². The maximum absolute atomic E-state index is 12.0. The number of nitrogens with two attached hydrogens (primary N) is 1. The SMILES string of the molecule is Cn1ccc(CS(=O)c2ccccc2N)n1. The summed E-state index contributed by atoms with van der Waals surface area (Å²) in [5, 5.41) is 4.19. The van der Waals surface area contributed by atoms with Gasteiger partial charge in [-0.1, -0.05) is 12.1 Å². The molecular formula is C11H13N3OS. The lowest BCUT2D eigenvalue weighted by Gasteiger charge is -2.03. The maximum Gasteiger partial charge on any atom is 0.0753 e. The summed E-state index contributed by atoms with van der Waals surface area (Å²) in [6, 6.07) is 9.07. The molecule has 0 spiro atoms. The van der Waals surface area contributed by atoms with Crippen molar-refractivity contribution in [3.05, 3.63) is 42.2 Å². The quantitative estimate of drug-likeness (QED) is 0.816. The molecule has 0 saturated heterocycles. The molecule has 0 aliphatic heterocycles. The van der Waals surface area contributed by atoms with Gasteiger partial charge in [0, 0.05) is 18.9 Å². The monoisotopic (exact) mass is 235 g/mol. The summed E-state index contributed by atoms with van der Waals surface area (Å²) in [5.41, 5.74) is 7.14. The van der Waals surface area contributed by atoms with Crippen molar-refractivity contribution in [3.63, 3.8) is 0 Å². The van der Waals surface area contributed by atoms with Crippen LogP contribution < -0.4 is 5.73 Å². The second kappa shape index (κ2) is 4.49. The standard InChI is InChI=1S/C11H13N3OS/c1-14-7-6-9(13-14)8-16(15)11-5-3-2-4-10(11)12/h2-7H,8,12H2,1H3. The van der Waals surface area contributed by atoms with Gasteiger partial charge >= 0.3 is 0 Å². The lowest BCUT2D eigenvalue weighted by molar-refractivity contribution is 0.681. The van der Waals surface area contributed by atoms with Crippen molar-refractivity contribution in [3.8, 4) is 0 Å². The molecule has 2 rings (SSSR count). The molecule has 1 unspecified atom stereocenters. The van der Waals surface area contributed by atoms with Crippen LogP contribution in [0.25, 0.3) is 0 Å². The van der Waals surface area contributed by atoms with E-state index in [1.807, 2.05) is 31.4 Å². The molecular weight excluding hydrogens is 222 g/mol. The maximum atomic E-state index is 12.0. The van der Waals surface area contributed by atoms with E-state index < -0.39 is 10.8 Å². The van der Waals surface area contributed by atoms with E-state index in [-0.39, 0.29) is 0 Å². The third-order valence-corrected chi connectivity index (χ3v) is 3.63. The van der Waals surface area contributed by atoms with Gasteiger partial charge in [-0.3, -0.25) is 8.89 Å². The van der Waals surface area contributed by atoms with Gasteiger partial charge in [-0.15, -0.1) is 0 Å². The molecule has 0 fully saturated rings. The number of anilines is 1. The smallest absolute Gasteiger partial charge is 0.0753 e. The molecule has 16 heavy (non-hydrogen) atoms. The Balaban J connectivity index is 2.18. The van der Waals surface area contributed by atoms with Crippen LogP contribution in [0.15, 0.2) is 41.4 Å². The minimum atomic E-state index is -1.13. The second-order valence-electron chi connectivity index (χ2n) is 3.51. The summed E-state index contributed by atoms with van der Waals surface area (Å²) in [6.45, 7) is 0. The zero-order valence-corrected chi connectivity index (χ0v) is 9.78. The van der Waals surface area contributed by atoms with Crippen LogP contribution in [-0.4, -0.2) is 14.0 Å². The molecule has 0 radical (unpaired) electrons. The zero-order valence-electron chi connectivity index (χ0n) is 8.96. The Bertz CT molecular complexity index is 521. The van der Waals surface area contributed by atoms with Gasteiger partial charge in [-0.05, 0) is 18.2 Å². The molecule has 4 nitrogen and oxygen atoms in total. The minimum Gasteiger partial charge on any atom is -0.398 e. The van der Waals surface area contributed by atoms with Crippen LogP contribution in [0.2, 0.25) is 0 Å². The van der Waals surface area contributed by atoms with Gasteiger partial charge in [-0.2, -0.15) is 5.10 Å². The molecule has 0 aliphatic rings. The highest BCUT2D eigenvalue weighted by Gasteiger charge is 2.09. The second-order valence-corrected chi connectivity index (χ2v) is 4.93. The number of hydrogen-bond donors (Lipinski definition) is 1. The lowest BCUT2D eigenvalue weighted by Crippen LogP contribution is -2.01. The number of rotatable bonds is 3. The molecule has 2 aromatic rings. The molecule has 5 heteroatoms. The van der Waals surface area contributed by atoms with Crippen LogP contribution >= 0.6 is 0 Å². The van der Waals surface area contributed by atoms with Crippen molar-refractivity contribution in [1.29, 1.82) is 0 Å². The summed E-state index contributed by atoms with van der Waals surface area (Å²) < 4.78 is 13.7. The summed E-state index contributed by atoms with van der Waals surface area (Å²) in [6.07, 6.45) is 1.83. The molecule has 2 N–H and O–H groups in total. The van der Waals surface area contributed by atoms with E-state index >= 15 is 0 Å². The number of nitrogen functional groups attached to an aromatic ring is 1. The highest BCUT2D eigenvalue weighted by Crippen LogP contribution is 2.17. The van der Waals surface area contributed by atoms with E-state index in [1.54, 1.807) is 16.8 Å². The fourth-order valence-corrected chi connectivity index (χ4v) is 2.58. The van der Waals surface area contributed by atoms with Gasteiger partial charge < -0.3 is 5.73 Å². The molecule has 1 aromatic carbocycles. The van der Waals surface area contributed by atoms with Gasteiger partial charge in [0.15, 0.2) is 0 Å². The molecule has 1 atom stereocenters. The average molecular weight is 235 g/mol. The van der Waals surface area contributed by atoms with Crippen LogP contribution in [0, 0.1) is 0 Å². The van der Waals surface area contributed by atoms with Gasteiger partial charge in [0.05, 0.1) is 27.1 Å². The van der Waals surface area contributed by atoms with E-state index in [9.17, 15) is 4.21 Å². The Morgan fingerprint density at radius 3 is 2.75 bits per heavy atom. The van der Waals surface area contributed by atoms with E-state index in [1.165, 1.54) is 0 Å². The number of benzene rings is 1. The Morgan fingerprint density at radius 1 is 1.38 bits per heavy atom. The van der Waals surface area contributed by atoms with E-state index in [2.05, 4.69) is 5.10 Å². The number of nitrogens with zero attached hydrogens (tertiary/aromatic N) is 2. The van der Waals surface area contributed by atoms with Crippen molar-refractivity contribution in [1.82, 2.24) is 9.78 Å². The first-order chi connectivity index (χ1) is 7.66. The average Bonchev–Trinajstić information content (AvgIpc) is 2.64. The highest BCUT2D eigenvalue weighted by molar-refractivity contribution is 7.84. The summed E-state index contributed by atoms with van der Waals surface area (Å²) in [7, 11) is 0.703. The molecule has 1 heterocycles.